The molecule has 1 fully saturated rings. The summed E-state index contributed by atoms with van der Waals surface area (Å²) >= 11 is 0. The maximum absolute atomic E-state index is 13.9. The van der Waals surface area contributed by atoms with Gasteiger partial charge >= 0.3 is 0 Å². The van der Waals surface area contributed by atoms with Gasteiger partial charge in [0, 0.05) is 18.2 Å². The Morgan fingerprint density at radius 1 is 1.29 bits per heavy atom. The first-order chi connectivity index (χ1) is 10.2. The molecule has 0 saturated carbocycles. The Hall–Kier alpha value is -1.68. The maximum atomic E-state index is 13.9. The van der Waals surface area contributed by atoms with Gasteiger partial charge in [0.05, 0.1) is 6.04 Å². The molecule has 3 nitrogen and oxygen atoms in total. The third kappa shape index (κ3) is 3.32. The van der Waals surface area contributed by atoms with Gasteiger partial charge in [0.25, 0.3) is 0 Å². The maximum Gasteiger partial charge on any atom is 0.133 e. The molecule has 1 aliphatic heterocycles. The van der Waals surface area contributed by atoms with E-state index in [1.165, 1.54) is 18.9 Å². The van der Waals surface area contributed by atoms with Gasteiger partial charge in [-0.1, -0.05) is 36.2 Å². The van der Waals surface area contributed by atoms with Gasteiger partial charge in [-0.25, -0.2) is 4.39 Å². The van der Waals surface area contributed by atoms with Crippen molar-refractivity contribution in [3.05, 3.63) is 53.2 Å². The zero-order valence-electron chi connectivity index (χ0n) is 12.4. The van der Waals surface area contributed by atoms with E-state index < -0.39 is 0 Å². The Kier molecular flexibility index (Phi) is 4.34. The molecule has 0 radical (unpaired) electrons. The summed E-state index contributed by atoms with van der Waals surface area (Å²) in [5.74, 6) is 0.705. The van der Waals surface area contributed by atoms with Gasteiger partial charge in [-0.15, -0.1) is 0 Å². The number of aryl methyl sites for hydroxylation is 1. The van der Waals surface area contributed by atoms with Gasteiger partial charge in [-0.2, -0.15) is 0 Å². The fraction of sp³-hybridized carbons (Fsp3) is 0.471. The van der Waals surface area contributed by atoms with Crippen LogP contribution in [0.1, 0.15) is 48.7 Å². The van der Waals surface area contributed by atoms with Crippen LogP contribution in [-0.4, -0.2) is 16.6 Å². The topological polar surface area (TPSA) is 29.3 Å². The zero-order valence-corrected chi connectivity index (χ0v) is 12.4. The number of benzene rings is 1. The van der Waals surface area contributed by atoms with Gasteiger partial charge in [-0.05, 0) is 32.4 Å². The monoisotopic (exact) mass is 288 g/mol. The average molecular weight is 288 g/mol. The molecule has 112 valence electrons. The Morgan fingerprint density at radius 2 is 2.14 bits per heavy atom. The van der Waals surface area contributed by atoms with Gasteiger partial charge in [0.2, 0.25) is 0 Å². The van der Waals surface area contributed by atoms with E-state index in [1.54, 1.807) is 6.07 Å². The van der Waals surface area contributed by atoms with Crippen LogP contribution in [0.5, 0.6) is 0 Å². The van der Waals surface area contributed by atoms with Crippen LogP contribution in [0.25, 0.3) is 0 Å². The number of likely N-dealkylation sites (tertiary alicyclic amines) is 1. The Balaban J connectivity index is 1.84. The van der Waals surface area contributed by atoms with E-state index in [2.05, 4.69) is 10.1 Å². The van der Waals surface area contributed by atoms with Crippen LogP contribution in [0.15, 0.2) is 34.9 Å². The fourth-order valence-corrected chi connectivity index (χ4v) is 3.08. The molecule has 2 aromatic rings. The highest BCUT2D eigenvalue weighted by Crippen LogP contribution is 2.31. The van der Waals surface area contributed by atoms with E-state index in [9.17, 15) is 4.39 Å². The van der Waals surface area contributed by atoms with Gasteiger partial charge < -0.3 is 4.52 Å². The zero-order chi connectivity index (χ0) is 14.7. The fourth-order valence-electron chi connectivity index (χ4n) is 3.08. The summed E-state index contributed by atoms with van der Waals surface area (Å²) in [6.45, 7) is 3.52. The summed E-state index contributed by atoms with van der Waals surface area (Å²) in [6, 6.07) is 9.26. The van der Waals surface area contributed by atoms with Crippen molar-refractivity contribution in [3.8, 4) is 0 Å². The number of hydrogen-bond acceptors (Lipinski definition) is 3. The lowest BCUT2D eigenvalue weighted by molar-refractivity contribution is 0.181. The lowest BCUT2D eigenvalue weighted by Crippen LogP contribution is -2.28. The van der Waals surface area contributed by atoms with Crippen molar-refractivity contribution >= 4 is 0 Å². The summed E-state index contributed by atoms with van der Waals surface area (Å²) in [4.78, 5) is 2.34. The van der Waals surface area contributed by atoms with E-state index in [4.69, 9.17) is 4.52 Å². The minimum absolute atomic E-state index is 0.128. The number of rotatable bonds is 3. The van der Waals surface area contributed by atoms with Crippen molar-refractivity contribution in [2.75, 3.05) is 6.54 Å². The quantitative estimate of drug-likeness (QED) is 0.846. The van der Waals surface area contributed by atoms with E-state index in [0.717, 1.165) is 36.4 Å². The molecule has 1 aromatic heterocycles. The van der Waals surface area contributed by atoms with Crippen LogP contribution in [0.2, 0.25) is 0 Å². The molecule has 0 N–H and O–H groups in total. The smallest absolute Gasteiger partial charge is 0.133 e. The van der Waals surface area contributed by atoms with Crippen molar-refractivity contribution in [1.29, 1.82) is 0 Å². The van der Waals surface area contributed by atoms with Crippen LogP contribution in [0, 0.1) is 12.7 Å². The summed E-state index contributed by atoms with van der Waals surface area (Å²) < 4.78 is 19.1. The third-order valence-electron chi connectivity index (χ3n) is 4.18. The second-order valence-corrected chi connectivity index (χ2v) is 5.79. The Labute approximate surface area is 124 Å². The molecule has 0 bridgehead atoms. The van der Waals surface area contributed by atoms with Crippen LogP contribution < -0.4 is 0 Å². The second kappa shape index (κ2) is 6.39. The van der Waals surface area contributed by atoms with Crippen molar-refractivity contribution in [2.45, 2.75) is 45.2 Å². The van der Waals surface area contributed by atoms with E-state index in [1.807, 2.05) is 25.1 Å². The molecule has 3 rings (SSSR count). The number of hydrogen-bond donors (Lipinski definition) is 0. The van der Waals surface area contributed by atoms with Crippen molar-refractivity contribution in [1.82, 2.24) is 10.1 Å². The van der Waals surface area contributed by atoms with Crippen molar-refractivity contribution < 1.29 is 8.91 Å². The van der Waals surface area contributed by atoms with E-state index in [0.29, 0.717) is 6.54 Å². The number of aromatic nitrogens is 1. The first-order valence-corrected chi connectivity index (χ1v) is 7.65. The van der Waals surface area contributed by atoms with Gasteiger partial charge in [0.1, 0.15) is 17.3 Å². The highest BCUT2D eigenvalue weighted by Gasteiger charge is 2.25. The summed E-state index contributed by atoms with van der Waals surface area (Å²) in [5.41, 5.74) is 1.73. The molecule has 4 heteroatoms. The average Bonchev–Trinajstić information content (AvgIpc) is 2.77. The molecule has 21 heavy (non-hydrogen) atoms. The highest BCUT2D eigenvalue weighted by molar-refractivity contribution is 5.18. The second-order valence-electron chi connectivity index (χ2n) is 5.79. The summed E-state index contributed by atoms with van der Waals surface area (Å²) in [7, 11) is 0. The molecule has 1 aliphatic rings. The van der Waals surface area contributed by atoms with Crippen molar-refractivity contribution in [2.24, 2.45) is 0 Å². The predicted octanol–water partition coefficient (Wildman–Crippen LogP) is 4.24. The van der Waals surface area contributed by atoms with E-state index in [-0.39, 0.29) is 11.9 Å². The van der Waals surface area contributed by atoms with Gasteiger partial charge in [0.15, 0.2) is 0 Å². The molecule has 0 aliphatic carbocycles. The summed E-state index contributed by atoms with van der Waals surface area (Å²) in [5, 5.41) is 4.18. The van der Waals surface area contributed by atoms with Crippen molar-refractivity contribution in [3.63, 3.8) is 0 Å². The highest BCUT2D eigenvalue weighted by atomic mass is 19.1. The number of nitrogens with zero attached hydrogens (tertiary/aromatic N) is 2. The first-order valence-electron chi connectivity index (χ1n) is 7.65. The molecular weight excluding hydrogens is 267 g/mol. The third-order valence-corrected chi connectivity index (χ3v) is 4.18. The van der Waals surface area contributed by atoms with Crippen LogP contribution in [0.3, 0.4) is 0 Å². The molecule has 0 amide bonds. The normalized spacial score (nSPS) is 20.4. The minimum atomic E-state index is -0.128. The Bertz CT molecular complexity index is 596. The standard InChI is InChI=1S/C17H21FN2O/c1-13-11-16(19-21-13)17-9-3-2-6-10-20(17)12-14-7-4-5-8-15(14)18/h4-5,7-8,11,17H,2-3,6,9-10,12H2,1H3/t17-/m1/s1. The molecule has 2 heterocycles. The first kappa shape index (κ1) is 14.3. The molecular formula is C17H21FN2O. The predicted molar refractivity (Wildman–Crippen MR) is 79.3 cm³/mol. The van der Waals surface area contributed by atoms with Crippen LogP contribution in [0.4, 0.5) is 4.39 Å². The van der Waals surface area contributed by atoms with Crippen LogP contribution in [-0.2, 0) is 6.54 Å². The Morgan fingerprint density at radius 3 is 2.90 bits per heavy atom. The minimum Gasteiger partial charge on any atom is -0.361 e. The number of halogens is 1. The molecule has 0 spiro atoms. The summed E-state index contributed by atoms with van der Waals surface area (Å²) in [6.07, 6.45) is 4.62. The SMILES string of the molecule is Cc1cc([C@H]2CCCCCN2Cc2ccccc2F)no1. The lowest BCUT2D eigenvalue weighted by atomic mass is 10.1. The lowest BCUT2D eigenvalue weighted by Gasteiger charge is -2.28. The van der Waals surface area contributed by atoms with E-state index >= 15 is 0 Å². The molecule has 1 atom stereocenters. The van der Waals surface area contributed by atoms with Gasteiger partial charge in [-0.3, -0.25) is 4.90 Å². The molecule has 1 saturated heterocycles. The largest absolute Gasteiger partial charge is 0.361 e. The van der Waals surface area contributed by atoms with Crippen LogP contribution >= 0.6 is 0 Å². The molecule has 1 aromatic carbocycles. The molecule has 0 unspecified atom stereocenters.